The van der Waals surface area contributed by atoms with Gasteiger partial charge < -0.3 is 9.64 Å². The standard InChI is InChI=1S/C11H17N3O3/c1-4-13(5-2)9-6-10(15)14(12-7-9)8-11(16)17-3/h6-7H,4-5,8H2,1-3H3. The summed E-state index contributed by atoms with van der Waals surface area (Å²) in [5.74, 6) is -0.491. The van der Waals surface area contributed by atoms with Gasteiger partial charge in [-0.05, 0) is 13.8 Å². The first kappa shape index (κ1) is 13.2. The van der Waals surface area contributed by atoms with Gasteiger partial charge >= 0.3 is 5.97 Å². The van der Waals surface area contributed by atoms with Crippen molar-refractivity contribution in [2.75, 3.05) is 25.1 Å². The topological polar surface area (TPSA) is 64.4 Å². The molecule has 1 heterocycles. The average Bonchev–Trinajstić information content (AvgIpc) is 2.33. The van der Waals surface area contributed by atoms with Crippen molar-refractivity contribution in [1.82, 2.24) is 9.78 Å². The van der Waals surface area contributed by atoms with Crippen LogP contribution in [0, 0.1) is 0 Å². The van der Waals surface area contributed by atoms with E-state index in [1.54, 1.807) is 6.20 Å². The van der Waals surface area contributed by atoms with Gasteiger partial charge in [-0.3, -0.25) is 9.59 Å². The number of ether oxygens (including phenoxy) is 1. The van der Waals surface area contributed by atoms with Gasteiger partial charge in [0.15, 0.2) is 0 Å². The molecule has 1 aromatic rings. The predicted molar refractivity (Wildman–Crippen MR) is 64.1 cm³/mol. The van der Waals surface area contributed by atoms with E-state index < -0.39 is 5.97 Å². The summed E-state index contributed by atoms with van der Waals surface area (Å²) in [6.07, 6.45) is 1.58. The molecule has 94 valence electrons. The maximum atomic E-state index is 11.7. The Hall–Kier alpha value is -1.85. The van der Waals surface area contributed by atoms with Crippen LogP contribution in [-0.2, 0) is 16.1 Å². The molecule has 0 unspecified atom stereocenters. The molecule has 0 saturated carbocycles. The zero-order valence-electron chi connectivity index (χ0n) is 10.3. The van der Waals surface area contributed by atoms with E-state index in [0.717, 1.165) is 23.5 Å². The van der Waals surface area contributed by atoms with Crippen LogP contribution in [0.5, 0.6) is 0 Å². The summed E-state index contributed by atoms with van der Waals surface area (Å²) in [6, 6.07) is 1.48. The molecule has 6 nitrogen and oxygen atoms in total. The molecule has 0 aliphatic heterocycles. The monoisotopic (exact) mass is 239 g/mol. The maximum Gasteiger partial charge on any atom is 0.327 e. The van der Waals surface area contributed by atoms with E-state index in [1.807, 2.05) is 18.7 Å². The summed E-state index contributed by atoms with van der Waals surface area (Å²) in [7, 11) is 1.28. The van der Waals surface area contributed by atoms with E-state index in [4.69, 9.17) is 0 Å². The number of carbonyl (C=O) groups is 1. The fourth-order valence-corrected chi connectivity index (χ4v) is 1.49. The summed E-state index contributed by atoms with van der Waals surface area (Å²) in [5.41, 5.74) is 0.459. The highest BCUT2D eigenvalue weighted by Gasteiger charge is 2.08. The summed E-state index contributed by atoms with van der Waals surface area (Å²) < 4.78 is 5.56. The summed E-state index contributed by atoms with van der Waals surface area (Å²) >= 11 is 0. The first-order valence-electron chi connectivity index (χ1n) is 5.51. The molecule has 0 aromatic carbocycles. The van der Waals surface area contributed by atoms with Crippen LogP contribution in [0.2, 0.25) is 0 Å². The van der Waals surface area contributed by atoms with E-state index in [0.29, 0.717) is 0 Å². The zero-order valence-corrected chi connectivity index (χ0v) is 10.3. The molecule has 0 amide bonds. The van der Waals surface area contributed by atoms with E-state index in [2.05, 4.69) is 9.84 Å². The Morgan fingerprint density at radius 1 is 1.47 bits per heavy atom. The Balaban J connectivity index is 2.93. The first-order valence-corrected chi connectivity index (χ1v) is 5.51. The van der Waals surface area contributed by atoms with Gasteiger partial charge in [-0.15, -0.1) is 0 Å². The van der Waals surface area contributed by atoms with Crippen molar-refractivity contribution in [3.63, 3.8) is 0 Å². The number of methoxy groups -OCH3 is 1. The van der Waals surface area contributed by atoms with Crippen molar-refractivity contribution in [2.45, 2.75) is 20.4 Å². The maximum absolute atomic E-state index is 11.7. The molecule has 1 rings (SSSR count). The lowest BCUT2D eigenvalue weighted by molar-refractivity contribution is -0.141. The second-order valence-electron chi connectivity index (χ2n) is 3.46. The van der Waals surface area contributed by atoms with Gasteiger partial charge in [-0.25, -0.2) is 4.68 Å². The minimum atomic E-state index is -0.491. The lowest BCUT2D eigenvalue weighted by atomic mass is 10.4. The van der Waals surface area contributed by atoms with Crippen LogP contribution in [0.15, 0.2) is 17.1 Å². The molecule has 0 aliphatic rings. The number of nitrogens with zero attached hydrogens (tertiary/aromatic N) is 3. The Labute approximate surface area is 99.8 Å². The molecular formula is C11H17N3O3. The van der Waals surface area contributed by atoms with Gasteiger partial charge in [0.05, 0.1) is 19.0 Å². The highest BCUT2D eigenvalue weighted by atomic mass is 16.5. The van der Waals surface area contributed by atoms with Crippen LogP contribution in [-0.4, -0.2) is 35.9 Å². The highest BCUT2D eigenvalue weighted by Crippen LogP contribution is 2.07. The van der Waals surface area contributed by atoms with Gasteiger partial charge in [-0.2, -0.15) is 5.10 Å². The van der Waals surface area contributed by atoms with Crippen molar-refractivity contribution >= 4 is 11.7 Å². The highest BCUT2D eigenvalue weighted by molar-refractivity contribution is 5.68. The quantitative estimate of drug-likeness (QED) is 0.690. The number of rotatable bonds is 5. The first-order chi connectivity index (χ1) is 8.12. The number of aromatic nitrogens is 2. The van der Waals surface area contributed by atoms with Crippen LogP contribution in [0.4, 0.5) is 5.69 Å². The van der Waals surface area contributed by atoms with Crippen molar-refractivity contribution in [3.05, 3.63) is 22.6 Å². The summed E-state index contributed by atoms with van der Waals surface area (Å²) in [5, 5.41) is 3.94. The van der Waals surface area contributed by atoms with Crippen molar-refractivity contribution < 1.29 is 9.53 Å². The molecule has 0 spiro atoms. The van der Waals surface area contributed by atoms with Gasteiger partial charge in [0.25, 0.3) is 5.56 Å². The Morgan fingerprint density at radius 2 is 2.12 bits per heavy atom. The molecule has 0 saturated heterocycles. The van der Waals surface area contributed by atoms with E-state index >= 15 is 0 Å². The third-order valence-electron chi connectivity index (χ3n) is 2.49. The summed E-state index contributed by atoms with van der Waals surface area (Å²) in [4.78, 5) is 24.7. The predicted octanol–water partition coefficient (Wildman–Crippen LogP) is 0.262. The van der Waals surface area contributed by atoms with Crippen LogP contribution in [0.25, 0.3) is 0 Å². The lowest BCUT2D eigenvalue weighted by Crippen LogP contribution is -2.29. The minimum absolute atomic E-state index is 0.159. The molecule has 0 atom stereocenters. The Morgan fingerprint density at radius 3 is 2.59 bits per heavy atom. The molecule has 0 bridgehead atoms. The van der Waals surface area contributed by atoms with Crippen molar-refractivity contribution in [2.24, 2.45) is 0 Å². The molecular weight excluding hydrogens is 222 g/mol. The molecule has 0 radical (unpaired) electrons. The van der Waals surface area contributed by atoms with Gasteiger partial charge in [0.1, 0.15) is 6.54 Å². The average molecular weight is 239 g/mol. The largest absolute Gasteiger partial charge is 0.468 e. The van der Waals surface area contributed by atoms with Crippen molar-refractivity contribution in [1.29, 1.82) is 0 Å². The Kier molecular flexibility index (Phi) is 4.68. The van der Waals surface area contributed by atoms with Crippen LogP contribution in [0.1, 0.15) is 13.8 Å². The van der Waals surface area contributed by atoms with E-state index in [1.165, 1.54) is 13.2 Å². The van der Waals surface area contributed by atoms with E-state index in [9.17, 15) is 9.59 Å². The molecule has 1 aromatic heterocycles. The smallest absolute Gasteiger partial charge is 0.327 e. The number of esters is 1. The second kappa shape index (κ2) is 6.03. The van der Waals surface area contributed by atoms with Gasteiger partial charge in [0.2, 0.25) is 0 Å². The second-order valence-corrected chi connectivity index (χ2v) is 3.46. The number of hydrogen-bond acceptors (Lipinski definition) is 5. The summed E-state index contributed by atoms with van der Waals surface area (Å²) in [6.45, 7) is 5.46. The van der Waals surface area contributed by atoms with E-state index in [-0.39, 0.29) is 12.1 Å². The molecule has 6 heteroatoms. The SMILES string of the molecule is CCN(CC)c1cnn(CC(=O)OC)c(=O)c1. The normalized spacial score (nSPS) is 10.1. The number of hydrogen-bond donors (Lipinski definition) is 0. The van der Waals surface area contributed by atoms with Gasteiger partial charge in [0, 0.05) is 19.2 Å². The third kappa shape index (κ3) is 3.30. The minimum Gasteiger partial charge on any atom is -0.468 e. The van der Waals surface area contributed by atoms with Crippen LogP contribution >= 0.6 is 0 Å². The van der Waals surface area contributed by atoms with Gasteiger partial charge in [-0.1, -0.05) is 0 Å². The Bertz CT molecular complexity index is 438. The van der Waals surface area contributed by atoms with Crippen LogP contribution < -0.4 is 10.5 Å². The fourth-order valence-electron chi connectivity index (χ4n) is 1.49. The molecule has 0 N–H and O–H groups in total. The molecule has 0 fully saturated rings. The fraction of sp³-hybridized carbons (Fsp3) is 0.545. The van der Waals surface area contributed by atoms with Crippen molar-refractivity contribution in [3.8, 4) is 0 Å². The number of anilines is 1. The lowest BCUT2D eigenvalue weighted by Gasteiger charge is -2.20. The zero-order chi connectivity index (χ0) is 12.8. The number of carbonyl (C=O) groups excluding carboxylic acids is 1. The van der Waals surface area contributed by atoms with Crippen LogP contribution in [0.3, 0.4) is 0 Å². The molecule has 0 aliphatic carbocycles. The third-order valence-corrected chi connectivity index (χ3v) is 2.49. The molecule has 17 heavy (non-hydrogen) atoms.